The van der Waals surface area contributed by atoms with Crippen LogP contribution >= 0.6 is 0 Å². The molecule has 0 fully saturated rings. The van der Waals surface area contributed by atoms with Crippen LogP contribution in [0.5, 0.6) is 0 Å². The zero-order valence-corrected chi connectivity index (χ0v) is 7.32. The van der Waals surface area contributed by atoms with Crippen molar-refractivity contribution in [1.29, 1.82) is 0 Å². The molecule has 0 aliphatic rings. The van der Waals surface area contributed by atoms with E-state index >= 15 is 0 Å². The standard InChI is InChI=1S/C10H10N2O/c1-7-6-13-12-10(7)8-3-2-4-9(11)5-8/h2-6H,11H2,1H3. The van der Waals surface area contributed by atoms with Crippen molar-refractivity contribution < 1.29 is 4.52 Å². The maximum Gasteiger partial charge on any atom is 0.127 e. The molecule has 0 radical (unpaired) electrons. The van der Waals surface area contributed by atoms with Crippen LogP contribution in [-0.4, -0.2) is 5.16 Å². The molecule has 3 nitrogen and oxygen atoms in total. The van der Waals surface area contributed by atoms with Gasteiger partial charge in [0.15, 0.2) is 0 Å². The van der Waals surface area contributed by atoms with Crippen LogP contribution in [0.15, 0.2) is 35.1 Å². The molecular weight excluding hydrogens is 164 g/mol. The number of aryl methyl sites for hydroxylation is 1. The Kier molecular flexibility index (Phi) is 1.77. The van der Waals surface area contributed by atoms with Crippen LogP contribution in [0.3, 0.4) is 0 Å². The van der Waals surface area contributed by atoms with Gasteiger partial charge in [0, 0.05) is 16.8 Å². The summed E-state index contributed by atoms with van der Waals surface area (Å²) in [6.45, 7) is 1.95. The molecule has 0 aliphatic carbocycles. The van der Waals surface area contributed by atoms with E-state index in [-0.39, 0.29) is 0 Å². The monoisotopic (exact) mass is 174 g/mol. The average Bonchev–Trinajstić information content (AvgIpc) is 2.51. The SMILES string of the molecule is Cc1conc1-c1cccc(N)c1. The smallest absolute Gasteiger partial charge is 0.127 e. The molecule has 3 heteroatoms. The molecule has 1 aromatic heterocycles. The van der Waals surface area contributed by atoms with E-state index in [1.165, 1.54) is 0 Å². The minimum Gasteiger partial charge on any atom is -0.399 e. The zero-order chi connectivity index (χ0) is 9.26. The van der Waals surface area contributed by atoms with Crippen molar-refractivity contribution in [3.63, 3.8) is 0 Å². The zero-order valence-electron chi connectivity index (χ0n) is 7.32. The summed E-state index contributed by atoms with van der Waals surface area (Å²) in [5.41, 5.74) is 9.26. The van der Waals surface area contributed by atoms with Gasteiger partial charge in [-0.25, -0.2) is 0 Å². The van der Waals surface area contributed by atoms with Crippen LogP contribution in [0.4, 0.5) is 5.69 Å². The van der Waals surface area contributed by atoms with Gasteiger partial charge in [0.2, 0.25) is 0 Å². The second-order valence-corrected chi connectivity index (χ2v) is 2.97. The van der Waals surface area contributed by atoms with E-state index in [2.05, 4.69) is 5.16 Å². The van der Waals surface area contributed by atoms with Gasteiger partial charge in [-0.05, 0) is 19.1 Å². The highest BCUT2D eigenvalue weighted by Crippen LogP contribution is 2.22. The quantitative estimate of drug-likeness (QED) is 0.674. The Morgan fingerprint density at radius 3 is 2.85 bits per heavy atom. The topological polar surface area (TPSA) is 52.0 Å². The van der Waals surface area contributed by atoms with Gasteiger partial charge in [-0.1, -0.05) is 17.3 Å². The van der Waals surface area contributed by atoms with E-state index in [0.29, 0.717) is 0 Å². The number of hydrogen-bond acceptors (Lipinski definition) is 3. The van der Waals surface area contributed by atoms with Crippen LogP contribution in [0.25, 0.3) is 11.3 Å². The predicted octanol–water partition coefficient (Wildman–Crippen LogP) is 2.23. The van der Waals surface area contributed by atoms with E-state index in [1.54, 1.807) is 6.26 Å². The molecule has 13 heavy (non-hydrogen) atoms. The first-order valence-electron chi connectivity index (χ1n) is 4.04. The summed E-state index contributed by atoms with van der Waals surface area (Å²) in [4.78, 5) is 0. The van der Waals surface area contributed by atoms with Crippen molar-refractivity contribution in [2.24, 2.45) is 0 Å². The van der Waals surface area contributed by atoms with Crippen LogP contribution in [0.2, 0.25) is 0 Å². The van der Waals surface area contributed by atoms with Crippen LogP contribution < -0.4 is 5.73 Å². The summed E-state index contributed by atoms with van der Waals surface area (Å²) in [7, 11) is 0. The molecule has 66 valence electrons. The summed E-state index contributed by atoms with van der Waals surface area (Å²) >= 11 is 0. The minimum atomic E-state index is 0.736. The third kappa shape index (κ3) is 1.40. The number of nitrogen functional groups attached to an aromatic ring is 1. The Bertz CT molecular complexity index is 420. The Morgan fingerprint density at radius 2 is 2.23 bits per heavy atom. The highest BCUT2D eigenvalue weighted by Gasteiger charge is 2.05. The van der Waals surface area contributed by atoms with Crippen molar-refractivity contribution >= 4 is 5.69 Å². The second kappa shape index (κ2) is 2.94. The molecule has 0 spiro atoms. The van der Waals surface area contributed by atoms with Gasteiger partial charge in [0.1, 0.15) is 12.0 Å². The highest BCUT2D eigenvalue weighted by atomic mass is 16.5. The molecule has 1 aromatic carbocycles. The molecule has 2 rings (SSSR count). The summed E-state index contributed by atoms with van der Waals surface area (Å²) < 4.78 is 4.85. The molecule has 0 saturated heterocycles. The van der Waals surface area contributed by atoms with Crippen molar-refractivity contribution in [1.82, 2.24) is 5.16 Å². The fraction of sp³-hybridized carbons (Fsp3) is 0.100. The van der Waals surface area contributed by atoms with E-state index in [4.69, 9.17) is 10.3 Å². The Hall–Kier alpha value is -1.77. The van der Waals surface area contributed by atoms with E-state index in [9.17, 15) is 0 Å². The fourth-order valence-electron chi connectivity index (χ4n) is 1.25. The maximum atomic E-state index is 5.66. The van der Waals surface area contributed by atoms with Gasteiger partial charge < -0.3 is 10.3 Å². The van der Waals surface area contributed by atoms with Gasteiger partial charge in [-0.3, -0.25) is 0 Å². The van der Waals surface area contributed by atoms with Crippen molar-refractivity contribution in [3.05, 3.63) is 36.1 Å². The van der Waals surface area contributed by atoms with Gasteiger partial charge in [0.25, 0.3) is 0 Å². The predicted molar refractivity (Wildman–Crippen MR) is 51.1 cm³/mol. The largest absolute Gasteiger partial charge is 0.399 e. The van der Waals surface area contributed by atoms with Gasteiger partial charge in [-0.2, -0.15) is 0 Å². The number of aromatic nitrogens is 1. The van der Waals surface area contributed by atoms with Crippen molar-refractivity contribution in [2.45, 2.75) is 6.92 Å². The molecule has 0 bridgehead atoms. The third-order valence-corrected chi connectivity index (χ3v) is 1.91. The number of anilines is 1. The van der Waals surface area contributed by atoms with Crippen molar-refractivity contribution in [2.75, 3.05) is 5.73 Å². The van der Waals surface area contributed by atoms with Crippen molar-refractivity contribution in [3.8, 4) is 11.3 Å². The minimum absolute atomic E-state index is 0.736. The summed E-state index contributed by atoms with van der Waals surface area (Å²) in [6.07, 6.45) is 1.62. The Balaban J connectivity index is 2.53. The molecule has 0 aliphatic heterocycles. The molecule has 1 heterocycles. The third-order valence-electron chi connectivity index (χ3n) is 1.91. The highest BCUT2D eigenvalue weighted by molar-refractivity contribution is 5.65. The molecule has 0 atom stereocenters. The molecule has 2 N–H and O–H groups in total. The molecular formula is C10H10N2O. The number of nitrogens with zero attached hydrogens (tertiary/aromatic N) is 1. The lowest BCUT2D eigenvalue weighted by atomic mass is 10.1. The lowest BCUT2D eigenvalue weighted by Crippen LogP contribution is -1.86. The van der Waals surface area contributed by atoms with Crippen LogP contribution in [-0.2, 0) is 0 Å². The fourth-order valence-corrected chi connectivity index (χ4v) is 1.25. The van der Waals surface area contributed by atoms with Gasteiger partial charge in [-0.15, -0.1) is 0 Å². The lowest BCUT2D eigenvalue weighted by Gasteiger charge is -1.98. The number of rotatable bonds is 1. The maximum absolute atomic E-state index is 5.66. The Morgan fingerprint density at radius 1 is 1.38 bits per heavy atom. The summed E-state index contributed by atoms with van der Waals surface area (Å²) in [5.74, 6) is 0. The number of benzene rings is 1. The lowest BCUT2D eigenvalue weighted by molar-refractivity contribution is 0.421. The van der Waals surface area contributed by atoms with Gasteiger partial charge in [0.05, 0.1) is 0 Å². The first-order chi connectivity index (χ1) is 6.27. The molecule has 0 saturated carbocycles. The molecule has 2 aromatic rings. The first-order valence-corrected chi connectivity index (χ1v) is 4.04. The summed E-state index contributed by atoms with van der Waals surface area (Å²) in [6, 6.07) is 7.59. The van der Waals surface area contributed by atoms with E-state index < -0.39 is 0 Å². The van der Waals surface area contributed by atoms with E-state index in [1.807, 2.05) is 31.2 Å². The number of nitrogens with two attached hydrogens (primary N) is 1. The van der Waals surface area contributed by atoms with E-state index in [0.717, 1.165) is 22.5 Å². The van der Waals surface area contributed by atoms with Gasteiger partial charge >= 0.3 is 0 Å². The number of hydrogen-bond donors (Lipinski definition) is 1. The van der Waals surface area contributed by atoms with Crippen LogP contribution in [0.1, 0.15) is 5.56 Å². The normalized spacial score (nSPS) is 10.2. The van der Waals surface area contributed by atoms with Crippen LogP contribution in [0, 0.1) is 6.92 Å². The first kappa shape index (κ1) is 7.86. The molecule has 0 unspecified atom stereocenters. The summed E-state index contributed by atoms with van der Waals surface area (Å²) in [5, 5.41) is 3.90. The molecule has 0 amide bonds. The Labute approximate surface area is 76.2 Å². The average molecular weight is 174 g/mol. The second-order valence-electron chi connectivity index (χ2n) is 2.97.